The van der Waals surface area contributed by atoms with Gasteiger partial charge in [0.1, 0.15) is 0 Å². The molecule has 2 atom stereocenters. The van der Waals surface area contributed by atoms with Crippen LogP contribution in [0.2, 0.25) is 0 Å². The number of carbonyl (C=O) groups is 2. The van der Waals surface area contributed by atoms with Crippen LogP contribution in [0.4, 0.5) is 0 Å². The van der Waals surface area contributed by atoms with Crippen LogP contribution in [0.3, 0.4) is 0 Å². The van der Waals surface area contributed by atoms with Gasteiger partial charge < -0.3 is 4.74 Å². The van der Waals surface area contributed by atoms with Gasteiger partial charge in [0.05, 0.1) is 17.4 Å². The zero-order valence-electron chi connectivity index (χ0n) is 13.1. The molecule has 0 bridgehead atoms. The SMILES string of the molecule is CC(OC(=O)C1CCS(=O)(=O)C1)C(=O)c1ccc2c(c1)CCC2. The molecule has 1 aromatic carbocycles. The maximum atomic E-state index is 12.4. The van der Waals surface area contributed by atoms with Gasteiger partial charge in [-0.3, -0.25) is 9.59 Å². The topological polar surface area (TPSA) is 77.5 Å². The van der Waals surface area contributed by atoms with E-state index in [0.29, 0.717) is 5.56 Å². The number of benzene rings is 1. The Morgan fingerprint density at radius 2 is 1.96 bits per heavy atom. The van der Waals surface area contributed by atoms with Crippen molar-refractivity contribution in [2.45, 2.75) is 38.7 Å². The van der Waals surface area contributed by atoms with Crippen molar-refractivity contribution < 1.29 is 22.7 Å². The number of rotatable bonds is 4. The predicted molar refractivity (Wildman–Crippen MR) is 85.1 cm³/mol. The second kappa shape index (κ2) is 6.07. The second-order valence-electron chi connectivity index (χ2n) is 6.38. The highest BCUT2D eigenvalue weighted by atomic mass is 32.2. The number of sulfone groups is 1. The van der Waals surface area contributed by atoms with E-state index in [9.17, 15) is 18.0 Å². The Bertz CT molecular complexity index is 750. The molecule has 1 heterocycles. The number of Topliss-reactive ketones (excluding diaryl/α,β-unsaturated/α-hetero) is 1. The van der Waals surface area contributed by atoms with E-state index in [1.165, 1.54) is 18.1 Å². The van der Waals surface area contributed by atoms with Crippen molar-refractivity contribution in [1.29, 1.82) is 0 Å². The summed E-state index contributed by atoms with van der Waals surface area (Å²) in [5.74, 6) is -1.64. The fourth-order valence-electron chi connectivity index (χ4n) is 3.26. The predicted octanol–water partition coefficient (Wildman–Crippen LogP) is 1.72. The van der Waals surface area contributed by atoms with Crippen LogP contribution in [0.25, 0.3) is 0 Å². The maximum absolute atomic E-state index is 12.4. The second-order valence-corrected chi connectivity index (χ2v) is 8.61. The van der Waals surface area contributed by atoms with E-state index in [0.717, 1.165) is 19.3 Å². The van der Waals surface area contributed by atoms with Crippen LogP contribution >= 0.6 is 0 Å². The molecule has 3 rings (SSSR count). The first-order valence-corrected chi connectivity index (χ1v) is 9.75. The van der Waals surface area contributed by atoms with Gasteiger partial charge in [-0.2, -0.15) is 0 Å². The van der Waals surface area contributed by atoms with E-state index >= 15 is 0 Å². The Balaban J connectivity index is 1.65. The molecule has 1 aromatic rings. The van der Waals surface area contributed by atoms with Crippen LogP contribution in [-0.4, -0.2) is 37.8 Å². The molecule has 1 aliphatic heterocycles. The Labute approximate surface area is 135 Å². The van der Waals surface area contributed by atoms with Crippen LogP contribution < -0.4 is 0 Å². The summed E-state index contributed by atoms with van der Waals surface area (Å²) in [6.07, 6.45) is 2.51. The molecule has 124 valence electrons. The standard InChI is InChI=1S/C17H20O5S/c1-11(22-17(19)15-7-8-23(20,21)10-15)16(18)14-6-5-12-3-2-4-13(12)9-14/h5-6,9,11,15H,2-4,7-8,10H2,1H3. The number of carbonyl (C=O) groups excluding carboxylic acids is 2. The van der Waals surface area contributed by atoms with Crippen LogP contribution in [0.5, 0.6) is 0 Å². The third-order valence-electron chi connectivity index (χ3n) is 4.61. The molecule has 6 heteroatoms. The average Bonchev–Trinajstić information content (AvgIpc) is 3.11. The number of ketones is 1. The number of aryl methyl sites for hydroxylation is 2. The van der Waals surface area contributed by atoms with Gasteiger partial charge in [-0.05, 0) is 49.8 Å². The molecule has 2 aliphatic rings. The van der Waals surface area contributed by atoms with Gasteiger partial charge >= 0.3 is 5.97 Å². The van der Waals surface area contributed by atoms with Gasteiger partial charge in [0.25, 0.3) is 0 Å². The third-order valence-corrected chi connectivity index (χ3v) is 6.38. The lowest BCUT2D eigenvalue weighted by atomic mass is 10.0. The Morgan fingerprint density at radius 1 is 1.22 bits per heavy atom. The third kappa shape index (κ3) is 3.47. The number of hydrogen-bond acceptors (Lipinski definition) is 5. The Hall–Kier alpha value is -1.69. The normalized spacial score (nSPS) is 23.3. The van der Waals surface area contributed by atoms with Crippen molar-refractivity contribution in [3.8, 4) is 0 Å². The Morgan fingerprint density at radius 3 is 2.65 bits per heavy atom. The number of hydrogen-bond donors (Lipinski definition) is 0. The monoisotopic (exact) mass is 336 g/mol. The number of ether oxygens (including phenoxy) is 1. The first kappa shape index (κ1) is 16.2. The van der Waals surface area contributed by atoms with Crippen LogP contribution in [-0.2, 0) is 32.2 Å². The number of fused-ring (bicyclic) bond motifs is 1. The van der Waals surface area contributed by atoms with Gasteiger partial charge in [-0.1, -0.05) is 12.1 Å². The van der Waals surface area contributed by atoms with Crippen LogP contribution in [0.1, 0.15) is 41.3 Å². The van der Waals surface area contributed by atoms with E-state index in [1.807, 2.05) is 12.1 Å². The molecule has 23 heavy (non-hydrogen) atoms. The summed E-state index contributed by atoms with van der Waals surface area (Å²) in [4.78, 5) is 24.5. The van der Waals surface area contributed by atoms with E-state index in [4.69, 9.17) is 4.74 Å². The van der Waals surface area contributed by atoms with Crippen molar-refractivity contribution >= 4 is 21.6 Å². The molecule has 0 N–H and O–H groups in total. The van der Waals surface area contributed by atoms with E-state index in [1.54, 1.807) is 6.07 Å². The lowest BCUT2D eigenvalue weighted by molar-refractivity contribution is -0.150. The van der Waals surface area contributed by atoms with Crippen molar-refractivity contribution in [1.82, 2.24) is 0 Å². The summed E-state index contributed by atoms with van der Waals surface area (Å²) < 4.78 is 28.1. The maximum Gasteiger partial charge on any atom is 0.310 e. The summed E-state index contributed by atoms with van der Waals surface area (Å²) in [5, 5.41) is 0. The van der Waals surface area contributed by atoms with Crippen molar-refractivity contribution in [3.63, 3.8) is 0 Å². The minimum absolute atomic E-state index is 0.0138. The van der Waals surface area contributed by atoms with Gasteiger partial charge in [-0.15, -0.1) is 0 Å². The van der Waals surface area contributed by atoms with Crippen molar-refractivity contribution in [2.75, 3.05) is 11.5 Å². The lowest BCUT2D eigenvalue weighted by Crippen LogP contribution is -2.29. The van der Waals surface area contributed by atoms with Gasteiger partial charge in [0, 0.05) is 5.56 Å². The minimum atomic E-state index is -3.14. The molecule has 1 fully saturated rings. The largest absolute Gasteiger partial charge is 0.454 e. The zero-order valence-corrected chi connectivity index (χ0v) is 13.9. The molecule has 5 nitrogen and oxygen atoms in total. The van der Waals surface area contributed by atoms with Gasteiger partial charge in [0.15, 0.2) is 15.9 Å². The molecule has 0 aromatic heterocycles. The van der Waals surface area contributed by atoms with Crippen LogP contribution in [0.15, 0.2) is 18.2 Å². The number of esters is 1. The molecule has 0 spiro atoms. The highest BCUT2D eigenvalue weighted by molar-refractivity contribution is 7.91. The van der Waals surface area contributed by atoms with E-state index in [2.05, 4.69) is 0 Å². The quantitative estimate of drug-likeness (QED) is 0.618. The highest BCUT2D eigenvalue weighted by Crippen LogP contribution is 2.24. The fourth-order valence-corrected chi connectivity index (χ4v) is 4.99. The average molecular weight is 336 g/mol. The van der Waals surface area contributed by atoms with Crippen molar-refractivity contribution in [3.05, 3.63) is 34.9 Å². The summed E-state index contributed by atoms with van der Waals surface area (Å²) in [6.45, 7) is 1.54. The zero-order chi connectivity index (χ0) is 16.6. The molecule has 1 aliphatic carbocycles. The summed E-state index contributed by atoms with van der Waals surface area (Å²) in [7, 11) is -3.14. The molecular weight excluding hydrogens is 316 g/mol. The summed E-state index contributed by atoms with van der Waals surface area (Å²) in [6, 6.07) is 5.62. The molecule has 0 saturated carbocycles. The van der Waals surface area contributed by atoms with Gasteiger partial charge in [0.2, 0.25) is 5.78 Å². The smallest absolute Gasteiger partial charge is 0.310 e. The van der Waals surface area contributed by atoms with Gasteiger partial charge in [-0.25, -0.2) is 8.42 Å². The molecule has 2 unspecified atom stereocenters. The van der Waals surface area contributed by atoms with E-state index in [-0.39, 0.29) is 23.7 Å². The van der Waals surface area contributed by atoms with E-state index < -0.39 is 27.8 Å². The first-order chi connectivity index (χ1) is 10.9. The molecule has 0 amide bonds. The Kier molecular flexibility index (Phi) is 4.27. The summed E-state index contributed by atoms with van der Waals surface area (Å²) in [5.41, 5.74) is 3.02. The highest BCUT2D eigenvalue weighted by Gasteiger charge is 2.35. The van der Waals surface area contributed by atoms with Crippen LogP contribution in [0, 0.1) is 5.92 Å². The lowest BCUT2D eigenvalue weighted by Gasteiger charge is -2.15. The molecular formula is C17H20O5S. The summed E-state index contributed by atoms with van der Waals surface area (Å²) >= 11 is 0. The first-order valence-electron chi connectivity index (χ1n) is 7.93. The molecule has 0 radical (unpaired) electrons. The minimum Gasteiger partial charge on any atom is -0.454 e. The molecule has 1 saturated heterocycles. The van der Waals surface area contributed by atoms with Crippen molar-refractivity contribution in [2.24, 2.45) is 5.92 Å². The fraction of sp³-hybridized carbons (Fsp3) is 0.529.